The number of rotatable bonds is 3. The highest BCUT2D eigenvalue weighted by Crippen LogP contribution is 2.24. The number of hydrogen-bond donors (Lipinski definition) is 1. The number of Topliss-reactive ketones (excluding diaryl/α,β-unsaturated/α-hetero) is 1. The van der Waals surface area contributed by atoms with Gasteiger partial charge < -0.3 is 19.6 Å². The maximum absolute atomic E-state index is 12.9. The fourth-order valence-electron chi connectivity index (χ4n) is 3.58. The highest BCUT2D eigenvalue weighted by molar-refractivity contribution is 5.90. The van der Waals surface area contributed by atoms with Gasteiger partial charge in [0, 0.05) is 44.2 Å². The quantitative estimate of drug-likeness (QED) is 0.889. The van der Waals surface area contributed by atoms with Crippen molar-refractivity contribution in [1.82, 2.24) is 20.3 Å². The zero-order chi connectivity index (χ0) is 18.7. The van der Waals surface area contributed by atoms with E-state index in [0.717, 1.165) is 38.1 Å². The predicted octanol–water partition coefficient (Wildman–Crippen LogP) is 1.96. The summed E-state index contributed by atoms with van der Waals surface area (Å²) in [6.07, 6.45) is 2.89. The van der Waals surface area contributed by atoms with E-state index in [1.54, 1.807) is 4.90 Å². The number of nitrogens with zero attached hydrogens (tertiary/aromatic N) is 3. The molecule has 0 aromatic carbocycles. The lowest BCUT2D eigenvalue weighted by atomic mass is 9.92. The monoisotopic (exact) mass is 362 g/mol. The summed E-state index contributed by atoms with van der Waals surface area (Å²) in [5.74, 6) is 0.833. The highest BCUT2D eigenvalue weighted by atomic mass is 16.5. The first kappa shape index (κ1) is 18.9. The van der Waals surface area contributed by atoms with Gasteiger partial charge in [0.25, 0.3) is 0 Å². The summed E-state index contributed by atoms with van der Waals surface area (Å²) in [5, 5.41) is 7.31. The predicted molar refractivity (Wildman–Crippen MR) is 98.1 cm³/mol. The fourth-order valence-corrected chi connectivity index (χ4v) is 3.58. The summed E-state index contributed by atoms with van der Waals surface area (Å²) in [4.78, 5) is 29.4. The van der Waals surface area contributed by atoms with Crippen molar-refractivity contribution in [3.63, 3.8) is 0 Å². The lowest BCUT2D eigenvalue weighted by Crippen LogP contribution is -2.57. The Balaban J connectivity index is 1.67. The van der Waals surface area contributed by atoms with Crippen LogP contribution < -0.4 is 5.32 Å². The molecule has 2 aliphatic rings. The number of hydrogen-bond acceptors (Lipinski definition) is 5. The molecule has 1 atom stereocenters. The first-order valence-corrected chi connectivity index (χ1v) is 9.61. The van der Waals surface area contributed by atoms with E-state index in [2.05, 4.69) is 10.5 Å². The summed E-state index contributed by atoms with van der Waals surface area (Å²) in [5.41, 5.74) is 0.517. The van der Waals surface area contributed by atoms with E-state index in [4.69, 9.17) is 4.52 Å². The number of aromatic nitrogens is 1. The molecule has 0 saturated carbocycles. The molecule has 2 saturated heterocycles. The van der Waals surface area contributed by atoms with Crippen LogP contribution in [0.15, 0.2) is 10.6 Å². The zero-order valence-electron chi connectivity index (χ0n) is 16.1. The van der Waals surface area contributed by atoms with Crippen LogP contribution in [0.5, 0.6) is 0 Å². The molecule has 1 N–H and O–H groups in total. The van der Waals surface area contributed by atoms with Gasteiger partial charge in [0.2, 0.25) is 0 Å². The Hall–Kier alpha value is -1.89. The lowest BCUT2D eigenvalue weighted by molar-refractivity contribution is -0.124. The second-order valence-electron chi connectivity index (χ2n) is 8.30. The van der Waals surface area contributed by atoms with E-state index < -0.39 is 0 Å². The molecule has 144 valence electrons. The molecule has 0 spiro atoms. The number of carbonyl (C=O) groups excluding carboxylic acids is 2. The molecule has 1 aromatic heterocycles. The van der Waals surface area contributed by atoms with Crippen LogP contribution in [0.4, 0.5) is 4.79 Å². The van der Waals surface area contributed by atoms with E-state index in [1.165, 1.54) is 0 Å². The van der Waals surface area contributed by atoms with Crippen LogP contribution in [0.3, 0.4) is 0 Å². The molecule has 1 aromatic rings. The molecule has 7 nitrogen and oxygen atoms in total. The van der Waals surface area contributed by atoms with Crippen molar-refractivity contribution in [3.8, 4) is 0 Å². The molecule has 3 rings (SSSR count). The van der Waals surface area contributed by atoms with Crippen LogP contribution in [-0.4, -0.2) is 65.5 Å². The van der Waals surface area contributed by atoms with Crippen LogP contribution >= 0.6 is 0 Å². The molecule has 0 radical (unpaired) electrons. The molecule has 2 aliphatic heterocycles. The van der Waals surface area contributed by atoms with Crippen LogP contribution in [0.1, 0.15) is 51.5 Å². The van der Waals surface area contributed by atoms with Gasteiger partial charge in [-0.25, -0.2) is 4.79 Å². The summed E-state index contributed by atoms with van der Waals surface area (Å²) < 4.78 is 5.39. The fraction of sp³-hybridized carbons (Fsp3) is 0.737. The molecule has 0 aliphatic carbocycles. The molecule has 2 fully saturated rings. The highest BCUT2D eigenvalue weighted by Gasteiger charge is 2.35. The minimum atomic E-state index is -0.346. The average Bonchev–Trinajstić information content (AvgIpc) is 3.11. The van der Waals surface area contributed by atoms with Gasteiger partial charge in [-0.1, -0.05) is 25.9 Å². The largest absolute Gasteiger partial charge is 0.361 e. The van der Waals surface area contributed by atoms with E-state index in [1.807, 2.05) is 31.7 Å². The van der Waals surface area contributed by atoms with Crippen molar-refractivity contribution in [3.05, 3.63) is 17.5 Å². The standard InChI is InChI=1S/C19H30N4O3/c1-19(2,3)17-13-14(21-26-17)12-16(24)15-6-4-5-9-23(15)18(25)22-10-7-20-8-11-22/h13,15,20H,4-12H2,1-3H3/t15-/m0/s1. The summed E-state index contributed by atoms with van der Waals surface area (Å²) in [6, 6.07) is 1.52. The average molecular weight is 362 g/mol. The third-order valence-electron chi connectivity index (χ3n) is 5.16. The van der Waals surface area contributed by atoms with Crippen molar-refractivity contribution >= 4 is 11.8 Å². The Morgan fingerprint density at radius 3 is 2.62 bits per heavy atom. The molecule has 2 amide bonds. The maximum Gasteiger partial charge on any atom is 0.320 e. The van der Waals surface area contributed by atoms with Crippen molar-refractivity contribution in [2.75, 3.05) is 32.7 Å². The van der Waals surface area contributed by atoms with Crippen LogP contribution in [0.25, 0.3) is 0 Å². The number of ketones is 1. The molecule has 0 bridgehead atoms. The number of piperazine rings is 1. The molecule has 3 heterocycles. The first-order valence-electron chi connectivity index (χ1n) is 9.61. The first-order chi connectivity index (χ1) is 12.4. The number of piperidine rings is 1. The second-order valence-corrected chi connectivity index (χ2v) is 8.30. The SMILES string of the molecule is CC(C)(C)c1cc(CC(=O)[C@@H]2CCCCN2C(=O)N2CCNCC2)no1. The number of likely N-dealkylation sites (tertiary alicyclic amines) is 1. The van der Waals surface area contributed by atoms with Gasteiger partial charge in [0.15, 0.2) is 5.78 Å². The minimum absolute atomic E-state index is 0.0000772. The van der Waals surface area contributed by atoms with Gasteiger partial charge in [-0.3, -0.25) is 4.79 Å². The molecule has 26 heavy (non-hydrogen) atoms. The third-order valence-corrected chi connectivity index (χ3v) is 5.16. The topological polar surface area (TPSA) is 78.7 Å². The van der Waals surface area contributed by atoms with Crippen LogP contribution in [0, 0.1) is 0 Å². The number of amides is 2. The van der Waals surface area contributed by atoms with Crippen LogP contribution in [0.2, 0.25) is 0 Å². The third kappa shape index (κ3) is 4.26. The number of urea groups is 1. The van der Waals surface area contributed by atoms with Crippen molar-refractivity contribution in [2.24, 2.45) is 0 Å². The normalized spacial score (nSPS) is 21.7. The van der Waals surface area contributed by atoms with Gasteiger partial charge in [0.1, 0.15) is 5.76 Å². The number of carbonyl (C=O) groups is 2. The lowest BCUT2D eigenvalue weighted by Gasteiger charge is -2.39. The Morgan fingerprint density at radius 2 is 1.96 bits per heavy atom. The Bertz CT molecular complexity index is 643. The van der Waals surface area contributed by atoms with Crippen LogP contribution in [-0.2, 0) is 16.6 Å². The van der Waals surface area contributed by atoms with E-state index >= 15 is 0 Å². The van der Waals surface area contributed by atoms with Gasteiger partial charge in [-0.05, 0) is 19.3 Å². The van der Waals surface area contributed by atoms with E-state index in [0.29, 0.717) is 25.3 Å². The smallest absolute Gasteiger partial charge is 0.320 e. The Labute approximate surface area is 155 Å². The van der Waals surface area contributed by atoms with Crippen molar-refractivity contribution in [2.45, 2.75) is 57.9 Å². The summed E-state index contributed by atoms with van der Waals surface area (Å²) in [6.45, 7) is 9.84. The maximum atomic E-state index is 12.9. The molecule has 7 heteroatoms. The molecular weight excluding hydrogens is 332 g/mol. The Kier molecular flexibility index (Phi) is 5.65. The molecular formula is C19H30N4O3. The van der Waals surface area contributed by atoms with Gasteiger partial charge in [-0.15, -0.1) is 0 Å². The van der Waals surface area contributed by atoms with Crippen molar-refractivity contribution in [1.29, 1.82) is 0 Å². The summed E-state index contributed by atoms with van der Waals surface area (Å²) >= 11 is 0. The Morgan fingerprint density at radius 1 is 1.23 bits per heavy atom. The van der Waals surface area contributed by atoms with Gasteiger partial charge in [0.05, 0.1) is 18.2 Å². The van der Waals surface area contributed by atoms with Crippen molar-refractivity contribution < 1.29 is 14.1 Å². The van der Waals surface area contributed by atoms with E-state index in [9.17, 15) is 9.59 Å². The second kappa shape index (κ2) is 7.78. The van der Waals surface area contributed by atoms with Gasteiger partial charge in [-0.2, -0.15) is 0 Å². The number of nitrogens with one attached hydrogen (secondary N) is 1. The van der Waals surface area contributed by atoms with E-state index in [-0.39, 0.29) is 29.7 Å². The zero-order valence-corrected chi connectivity index (χ0v) is 16.1. The molecule has 0 unspecified atom stereocenters. The summed E-state index contributed by atoms with van der Waals surface area (Å²) in [7, 11) is 0. The van der Waals surface area contributed by atoms with Gasteiger partial charge >= 0.3 is 6.03 Å². The minimum Gasteiger partial charge on any atom is -0.361 e.